The summed E-state index contributed by atoms with van der Waals surface area (Å²) >= 11 is 0. The Hall–Kier alpha value is -2.93. The molecule has 0 radical (unpaired) electrons. The molecule has 0 aliphatic carbocycles. The number of nitrogens with one attached hydrogen (secondary N) is 3. The fraction of sp³-hybridized carbons (Fsp3) is 0.737. The molecule has 2 fully saturated rings. The minimum atomic E-state index is -1.34. The van der Waals surface area contributed by atoms with E-state index in [9.17, 15) is 29.4 Å². The van der Waals surface area contributed by atoms with Gasteiger partial charge in [0.25, 0.3) is 0 Å². The molecule has 0 aromatic heterocycles. The van der Waals surface area contributed by atoms with Gasteiger partial charge in [0.2, 0.25) is 17.7 Å². The van der Waals surface area contributed by atoms with E-state index in [1.165, 1.54) is 4.90 Å². The molecule has 2 rings (SSSR count). The molecule has 0 aromatic rings. The average molecular weight is 456 g/mol. The number of likely N-dealkylation sites (tertiary alicyclic amines) is 1. The lowest BCUT2D eigenvalue weighted by Gasteiger charge is -2.28. The first-order valence-electron chi connectivity index (χ1n) is 10.8. The largest absolute Gasteiger partial charge is 0.480 e. The fourth-order valence-electron chi connectivity index (χ4n) is 3.89. The van der Waals surface area contributed by atoms with Gasteiger partial charge in [-0.3, -0.25) is 19.4 Å². The molecule has 0 spiro atoms. The molecule has 9 N–H and O–H groups in total. The minimum absolute atomic E-state index is 0.0588. The molecule has 13 nitrogen and oxygen atoms in total. The van der Waals surface area contributed by atoms with Gasteiger partial charge < -0.3 is 42.5 Å². The van der Waals surface area contributed by atoms with Crippen molar-refractivity contribution >= 4 is 29.7 Å². The van der Waals surface area contributed by atoms with E-state index >= 15 is 0 Å². The molecule has 2 aliphatic heterocycles. The Bertz CT molecular complexity index is 721. The number of rotatable bonds is 11. The lowest BCUT2D eigenvalue weighted by atomic mass is 10.1. The second-order valence-electron chi connectivity index (χ2n) is 7.93. The van der Waals surface area contributed by atoms with Crippen molar-refractivity contribution in [3.63, 3.8) is 0 Å². The van der Waals surface area contributed by atoms with E-state index in [1.54, 1.807) is 0 Å². The predicted octanol–water partition coefficient (Wildman–Crippen LogP) is -3.17. The van der Waals surface area contributed by atoms with Crippen molar-refractivity contribution < 1.29 is 29.4 Å². The highest BCUT2D eigenvalue weighted by molar-refractivity contribution is 5.94. The Morgan fingerprint density at radius 3 is 2.47 bits per heavy atom. The standard InChI is InChI=1S/C19H33N7O6/c20-19(21)23-8-2-5-12(18(31)32)24-15(28)13(10-27)25-16(29)14-6-3-9-26(14)17(30)11-4-1-7-22-11/h11-14,22,27H,1-10H2,(H,24,28)(H,25,29)(H,31,32)(H4,20,21,23). The number of nitrogens with zero attached hydrogens (tertiary/aromatic N) is 2. The van der Waals surface area contributed by atoms with Crippen molar-refractivity contribution in [2.24, 2.45) is 16.5 Å². The summed E-state index contributed by atoms with van der Waals surface area (Å²) in [4.78, 5) is 54.7. The maximum atomic E-state index is 12.8. The van der Waals surface area contributed by atoms with Gasteiger partial charge in [-0.05, 0) is 45.1 Å². The Balaban J connectivity index is 1.92. The van der Waals surface area contributed by atoms with Crippen LogP contribution in [0.5, 0.6) is 0 Å². The molecule has 2 aliphatic rings. The van der Waals surface area contributed by atoms with Crippen LogP contribution in [-0.4, -0.2) is 95.2 Å². The van der Waals surface area contributed by atoms with Gasteiger partial charge in [-0.25, -0.2) is 4.79 Å². The second kappa shape index (κ2) is 12.2. The van der Waals surface area contributed by atoms with Crippen LogP contribution < -0.4 is 27.4 Å². The average Bonchev–Trinajstić information content (AvgIpc) is 3.45. The van der Waals surface area contributed by atoms with Gasteiger partial charge in [-0.15, -0.1) is 0 Å². The minimum Gasteiger partial charge on any atom is -0.480 e. The number of guanidine groups is 1. The number of aliphatic hydroxyl groups excluding tert-OH is 1. The van der Waals surface area contributed by atoms with Crippen LogP contribution in [0, 0.1) is 0 Å². The van der Waals surface area contributed by atoms with Gasteiger partial charge in [-0.2, -0.15) is 0 Å². The molecule has 0 saturated carbocycles. The predicted molar refractivity (Wildman–Crippen MR) is 114 cm³/mol. The van der Waals surface area contributed by atoms with Crippen LogP contribution >= 0.6 is 0 Å². The molecular weight excluding hydrogens is 422 g/mol. The summed E-state index contributed by atoms with van der Waals surface area (Å²) in [5.74, 6) is -2.90. The maximum absolute atomic E-state index is 12.8. The van der Waals surface area contributed by atoms with E-state index < -0.39 is 42.5 Å². The second-order valence-corrected chi connectivity index (χ2v) is 7.93. The van der Waals surface area contributed by atoms with Crippen LogP contribution in [0.2, 0.25) is 0 Å². The first-order valence-corrected chi connectivity index (χ1v) is 10.8. The molecule has 4 atom stereocenters. The first-order chi connectivity index (χ1) is 15.2. The van der Waals surface area contributed by atoms with E-state index in [-0.39, 0.29) is 30.9 Å². The lowest BCUT2D eigenvalue weighted by molar-refractivity contribution is -0.143. The smallest absolute Gasteiger partial charge is 0.326 e. The summed E-state index contributed by atoms with van der Waals surface area (Å²) in [5, 5.41) is 26.8. The summed E-state index contributed by atoms with van der Waals surface area (Å²) in [5.41, 5.74) is 10.4. The summed E-state index contributed by atoms with van der Waals surface area (Å²) in [7, 11) is 0. The summed E-state index contributed by atoms with van der Waals surface area (Å²) < 4.78 is 0. The van der Waals surface area contributed by atoms with Crippen LogP contribution in [0.25, 0.3) is 0 Å². The van der Waals surface area contributed by atoms with Crippen molar-refractivity contribution in [2.45, 2.75) is 62.7 Å². The third-order valence-corrected chi connectivity index (χ3v) is 5.57. The van der Waals surface area contributed by atoms with Crippen molar-refractivity contribution in [3.05, 3.63) is 0 Å². The number of amides is 3. The van der Waals surface area contributed by atoms with E-state index in [0.717, 1.165) is 13.0 Å². The Labute approximate surface area is 186 Å². The molecule has 0 bridgehead atoms. The SMILES string of the molecule is NC(N)=NCCCC(NC(=O)C(CO)NC(=O)C1CCCN1C(=O)C1CCCN1)C(=O)O. The van der Waals surface area contributed by atoms with Crippen LogP contribution in [-0.2, 0) is 19.2 Å². The summed E-state index contributed by atoms with van der Waals surface area (Å²) in [6, 6.07) is -3.62. The highest BCUT2D eigenvalue weighted by Crippen LogP contribution is 2.21. The Morgan fingerprint density at radius 1 is 1.12 bits per heavy atom. The number of carboxylic acid groups (broad SMARTS) is 1. The number of aliphatic carboxylic acids is 1. The zero-order chi connectivity index (χ0) is 23.7. The van der Waals surface area contributed by atoms with Crippen molar-refractivity contribution in [1.82, 2.24) is 20.9 Å². The van der Waals surface area contributed by atoms with Crippen molar-refractivity contribution in [1.29, 1.82) is 0 Å². The van der Waals surface area contributed by atoms with Crippen LogP contribution in [0.4, 0.5) is 0 Å². The normalized spacial score (nSPS) is 22.1. The van der Waals surface area contributed by atoms with E-state index in [4.69, 9.17) is 11.5 Å². The number of carbonyl (C=O) groups excluding carboxylic acids is 3. The van der Waals surface area contributed by atoms with Crippen LogP contribution in [0.1, 0.15) is 38.5 Å². The monoisotopic (exact) mass is 455 g/mol. The number of nitrogens with two attached hydrogens (primary N) is 2. The number of aliphatic imine (C=N–C) groups is 1. The number of carboxylic acids is 1. The number of hydrogen-bond acceptors (Lipinski definition) is 7. The summed E-state index contributed by atoms with van der Waals surface area (Å²) in [6.45, 7) is 0.679. The van der Waals surface area contributed by atoms with Gasteiger partial charge >= 0.3 is 5.97 Å². The zero-order valence-corrected chi connectivity index (χ0v) is 18.0. The molecule has 13 heteroatoms. The zero-order valence-electron chi connectivity index (χ0n) is 18.0. The number of carbonyl (C=O) groups is 4. The van der Waals surface area contributed by atoms with Gasteiger partial charge in [0.15, 0.2) is 5.96 Å². The molecule has 180 valence electrons. The quantitative estimate of drug-likeness (QED) is 0.0949. The summed E-state index contributed by atoms with van der Waals surface area (Å²) in [6.07, 6.45) is 3.08. The van der Waals surface area contributed by atoms with E-state index in [0.29, 0.717) is 32.2 Å². The number of hydrogen-bond donors (Lipinski definition) is 7. The van der Waals surface area contributed by atoms with Gasteiger partial charge in [0.1, 0.15) is 18.1 Å². The topological polar surface area (TPSA) is 212 Å². The highest BCUT2D eigenvalue weighted by Gasteiger charge is 2.39. The van der Waals surface area contributed by atoms with E-state index in [2.05, 4.69) is 20.9 Å². The molecule has 2 heterocycles. The third-order valence-electron chi connectivity index (χ3n) is 5.57. The molecule has 0 aromatic carbocycles. The molecule has 2 saturated heterocycles. The molecular formula is C19H33N7O6. The molecule has 32 heavy (non-hydrogen) atoms. The fourth-order valence-corrected chi connectivity index (χ4v) is 3.89. The number of aliphatic hydroxyl groups is 1. The van der Waals surface area contributed by atoms with Crippen LogP contribution in [0.3, 0.4) is 0 Å². The van der Waals surface area contributed by atoms with E-state index in [1.807, 2.05) is 0 Å². The maximum Gasteiger partial charge on any atom is 0.326 e. The molecule has 3 amide bonds. The van der Waals surface area contributed by atoms with Crippen molar-refractivity contribution in [3.8, 4) is 0 Å². The van der Waals surface area contributed by atoms with Crippen LogP contribution in [0.15, 0.2) is 4.99 Å². The van der Waals surface area contributed by atoms with Gasteiger partial charge in [-0.1, -0.05) is 0 Å². The third kappa shape index (κ3) is 7.05. The first kappa shape index (κ1) is 25.3. The van der Waals surface area contributed by atoms with Gasteiger partial charge in [0, 0.05) is 13.1 Å². The lowest BCUT2D eigenvalue weighted by Crippen LogP contribution is -2.57. The Kier molecular flexibility index (Phi) is 9.65. The highest BCUT2D eigenvalue weighted by atomic mass is 16.4. The van der Waals surface area contributed by atoms with Crippen molar-refractivity contribution in [2.75, 3.05) is 26.2 Å². The Morgan fingerprint density at radius 2 is 1.88 bits per heavy atom. The molecule has 4 unspecified atom stereocenters. The van der Waals surface area contributed by atoms with Gasteiger partial charge in [0.05, 0.1) is 12.6 Å².